The van der Waals surface area contributed by atoms with Crippen molar-refractivity contribution in [1.29, 1.82) is 0 Å². The second kappa shape index (κ2) is 4.37. The third-order valence-corrected chi connectivity index (χ3v) is 5.13. The van der Waals surface area contributed by atoms with Crippen LogP contribution in [0.2, 0.25) is 0 Å². The van der Waals surface area contributed by atoms with Crippen LogP contribution in [-0.4, -0.2) is 27.7 Å². The van der Waals surface area contributed by atoms with Gasteiger partial charge in [0.2, 0.25) is 11.8 Å². The van der Waals surface area contributed by atoms with Gasteiger partial charge in [0.1, 0.15) is 0 Å². The lowest BCUT2D eigenvalue weighted by Gasteiger charge is -2.38. The van der Waals surface area contributed by atoms with Crippen LogP contribution in [0.3, 0.4) is 0 Å². The van der Waals surface area contributed by atoms with Crippen LogP contribution in [0.5, 0.6) is 0 Å². The monoisotopic (exact) mass is 345 g/mol. The molecule has 0 aromatic heterocycles. The number of allylic oxidation sites excluding steroid dienone is 2. The molecular formula is C13H16INO2. The molecule has 2 bridgehead atoms. The van der Waals surface area contributed by atoms with Gasteiger partial charge in [-0.1, -0.05) is 34.7 Å². The Kier molecular flexibility index (Phi) is 3.00. The molecule has 0 spiro atoms. The van der Waals surface area contributed by atoms with Crippen molar-refractivity contribution in [2.75, 3.05) is 11.0 Å². The van der Waals surface area contributed by atoms with Crippen molar-refractivity contribution in [2.45, 2.75) is 19.3 Å². The van der Waals surface area contributed by atoms with E-state index < -0.39 is 0 Å². The summed E-state index contributed by atoms with van der Waals surface area (Å²) in [5.74, 6) is 0.797. The molecule has 3 aliphatic carbocycles. The first-order valence-electron chi connectivity index (χ1n) is 6.33. The number of carbonyl (C=O) groups is 2. The van der Waals surface area contributed by atoms with Crippen LogP contribution in [0.4, 0.5) is 0 Å². The lowest BCUT2D eigenvalue weighted by Crippen LogP contribution is -2.38. The number of imide groups is 1. The predicted octanol–water partition coefficient (Wildman–Crippen LogP) is 2.01. The molecule has 2 fully saturated rings. The highest BCUT2D eigenvalue weighted by Gasteiger charge is 2.56. The van der Waals surface area contributed by atoms with Crippen LogP contribution in [-0.2, 0) is 9.59 Å². The van der Waals surface area contributed by atoms with E-state index in [2.05, 4.69) is 34.7 Å². The molecule has 3 nitrogen and oxygen atoms in total. The van der Waals surface area contributed by atoms with Crippen LogP contribution in [0, 0.1) is 23.7 Å². The largest absolute Gasteiger partial charge is 0.282 e. The molecule has 1 saturated heterocycles. The van der Waals surface area contributed by atoms with Gasteiger partial charge in [-0.25, -0.2) is 0 Å². The smallest absolute Gasteiger partial charge is 0.233 e. The maximum absolute atomic E-state index is 12.3. The minimum atomic E-state index is -0.0274. The van der Waals surface area contributed by atoms with Crippen LogP contribution < -0.4 is 0 Å². The van der Waals surface area contributed by atoms with Gasteiger partial charge in [0, 0.05) is 11.0 Å². The molecule has 1 aliphatic heterocycles. The molecule has 17 heavy (non-hydrogen) atoms. The van der Waals surface area contributed by atoms with E-state index in [1.54, 1.807) is 0 Å². The second-order valence-corrected chi connectivity index (χ2v) is 6.29. The SMILES string of the molecule is O=C1C2C3C=CC(CC3)C2C(=O)N1CCCI. The van der Waals surface area contributed by atoms with Crippen molar-refractivity contribution in [3.05, 3.63) is 12.2 Å². The molecule has 0 aromatic carbocycles. The molecule has 92 valence electrons. The minimum absolute atomic E-state index is 0.0274. The summed E-state index contributed by atoms with van der Waals surface area (Å²) in [5.41, 5.74) is 0. The Hall–Kier alpha value is -0.390. The summed E-state index contributed by atoms with van der Waals surface area (Å²) >= 11 is 2.29. The Labute approximate surface area is 115 Å². The topological polar surface area (TPSA) is 37.4 Å². The van der Waals surface area contributed by atoms with Gasteiger partial charge in [0.25, 0.3) is 0 Å². The number of rotatable bonds is 3. The van der Waals surface area contributed by atoms with E-state index >= 15 is 0 Å². The molecule has 0 N–H and O–H groups in total. The van der Waals surface area contributed by atoms with Crippen LogP contribution in [0.25, 0.3) is 0 Å². The molecule has 0 aromatic rings. The Morgan fingerprint density at radius 3 is 2.06 bits per heavy atom. The lowest BCUT2D eigenvalue weighted by molar-refractivity contribution is -0.140. The van der Waals surface area contributed by atoms with E-state index in [1.807, 2.05) is 0 Å². The number of hydrogen-bond acceptors (Lipinski definition) is 2. The highest BCUT2D eigenvalue weighted by Crippen LogP contribution is 2.49. The molecule has 2 amide bonds. The Balaban J connectivity index is 1.86. The zero-order valence-corrected chi connectivity index (χ0v) is 11.8. The van der Waals surface area contributed by atoms with Gasteiger partial charge < -0.3 is 0 Å². The van der Waals surface area contributed by atoms with Gasteiger partial charge in [-0.05, 0) is 31.1 Å². The zero-order chi connectivity index (χ0) is 12.0. The molecular weight excluding hydrogens is 329 g/mol. The third kappa shape index (κ3) is 1.67. The van der Waals surface area contributed by atoms with Crippen LogP contribution >= 0.6 is 22.6 Å². The summed E-state index contributed by atoms with van der Waals surface area (Å²) in [6.07, 6.45) is 7.42. The average Bonchev–Trinajstić information content (AvgIpc) is 2.64. The van der Waals surface area contributed by atoms with Crippen LogP contribution in [0.15, 0.2) is 12.2 Å². The van der Waals surface area contributed by atoms with Crippen molar-refractivity contribution in [3.8, 4) is 0 Å². The van der Waals surface area contributed by atoms with Crippen molar-refractivity contribution >= 4 is 34.4 Å². The number of hydrogen-bond donors (Lipinski definition) is 0. The summed E-state index contributed by atoms with van der Waals surface area (Å²) in [6.45, 7) is 0.618. The first-order chi connectivity index (χ1) is 8.24. The van der Waals surface area contributed by atoms with E-state index in [4.69, 9.17) is 0 Å². The molecule has 1 heterocycles. The van der Waals surface area contributed by atoms with E-state index in [9.17, 15) is 9.59 Å². The molecule has 4 unspecified atom stereocenters. The van der Waals surface area contributed by atoms with Gasteiger partial charge in [-0.3, -0.25) is 14.5 Å². The molecule has 0 radical (unpaired) electrons. The summed E-state index contributed by atoms with van der Waals surface area (Å²) in [4.78, 5) is 26.2. The number of amides is 2. The summed E-state index contributed by atoms with van der Waals surface area (Å²) in [6, 6.07) is 0. The summed E-state index contributed by atoms with van der Waals surface area (Å²) in [5, 5.41) is 0. The first-order valence-corrected chi connectivity index (χ1v) is 7.86. The number of alkyl halides is 1. The van der Waals surface area contributed by atoms with Crippen LogP contribution in [0.1, 0.15) is 19.3 Å². The maximum Gasteiger partial charge on any atom is 0.233 e. The minimum Gasteiger partial charge on any atom is -0.282 e. The number of fused-ring (bicyclic) bond motifs is 1. The Morgan fingerprint density at radius 1 is 1.12 bits per heavy atom. The number of likely N-dealkylation sites (tertiary alicyclic amines) is 1. The Morgan fingerprint density at radius 2 is 1.65 bits per heavy atom. The normalized spacial score (nSPS) is 39.0. The zero-order valence-electron chi connectivity index (χ0n) is 9.64. The quantitative estimate of drug-likeness (QED) is 0.340. The molecule has 4 atom stereocenters. The van der Waals surface area contributed by atoms with Gasteiger partial charge in [-0.15, -0.1) is 0 Å². The van der Waals surface area contributed by atoms with Crippen molar-refractivity contribution in [1.82, 2.24) is 4.90 Å². The summed E-state index contributed by atoms with van der Waals surface area (Å²) < 4.78 is 0.995. The lowest BCUT2D eigenvalue weighted by atomic mass is 9.63. The maximum atomic E-state index is 12.3. The average molecular weight is 345 g/mol. The third-order valence-electron chi connectivity index (χ3n) is 4.37. The first kappa shape index (κ1) is 11.7. The fourth-order valence-electron chi connectivity index (χ4n) is 3.57. The molecule has 4 aliphatic rings. The van der Waals surface area contributed by atoms with Crippen molar-refractivity contribution in [2.24, 2.45) is 23.7 Å². The predicted molar refractivity (Wildman–Crippen MR) is 72.6 cm³/mol. The molecule has 1 saturated carbocycles. The van der Waals surface area contributed by atoms with Gasteiger partial charge in [-0.2, -0.15) is 0 Å². The van der Waals surface area contributed by atoms with E-state index in [1.165, 1.54) is 4.90 Å². The van der Waals surface area contributed by atoms with E-state index in [0.29, 0.717) is 18.4 Å². The van der Waals surface area contributed by atoms with E-state index in [0.717, 1.165) is 23.7 Å². The summed E-state index contributed by atoms with van der Waals surface area (Å²) in [7, 11) is 0. The van der Waals surface area contributed by atoms with Gasteiger partial charge in [0.15, 0.2) is 0 Å². The fourth-order valence-corrected chi connectivity index (χ4v) is 3.92. The fraction of sp³-hybridized carbons (Fsp3) is 0.692. The molecule has 4 heteroatoms. The second-order valence-electron chi connectivity index (χ2n) is 5.21. The number of halogens is 1. The number of nitrogens with zero attached hydrogens (tertiary/aromatic N) is 1. The van der Waals surface area contributed by atoms with Crippen molar-refractivity contribution in [3.63, 3.8) is 0 Å². The highest BCUT2D eigenvalue weighted by molar-refractivity contribution is 14.1. The molecule has 4 rings (SSSR count). The standard InChI is InChI=1S/C13H16INO2/c14-6-1-7-15-12(16)10-8-2-3-9(5-4-8)11(10)13(15)17/h2-3,8-11H,1,4-7H2. The van der Waals surface area contributed by atoms with Gasteiger partial charge >= 0.3 is 0 Å². The highest BCUT2D eigenvalue weighted by atomic mass is 127. The van der Waals surface area contributed by atoms with Crippen molar-refractivity contribution < 1.29 is 9.59 Å². The van der Waals surface area contributed by atoms with Gasteiger partial charge in [0.05, 0.1) is 11.8 Å². The number of carbonyl (C=O) groups excluding carboxylic acids is 2. The van der Waals surface area contributed by atoms with E-state index in [-0.39, 0.29) is 23.7 Å². The Bertz CT molecular complexity index is 361.